The monoisotopic (exact) mass is 452 g/mol. The molecule has 1 aromatic heterocycles. The number of nitrogens with zero attached hydrogens (tertiary/aromatic N) is 3. The quantitative estimate of drug-likeness (QED) is 0.496. The van der Waals surface area contributed by atoms with E-state index in [0.29, 0.717) is 36.3 Å². The average Bonchev–Trinajstić information content (AvgIpc) is 3.26. The van der Waals surface area contributed by atoms with Crippen molar-refractivity contribution >= 4 is 23.2 Å². The van der Waals surface area contributed by atoms with Crippen molar-refractivity contribution in [2.45, 2.75) is 26.3 Å². The predicted molar refractivity (Wildman–Crippen MR) is 123 cm³/mol. The second kappa shape index (κ2) is 9.54. The van der Waals surface area contributed by atoms with E-state index in [-0.39, 0.29) is 6.03 Å². The minimum Gasteiger partial charge on any atom is -0.385 e. The van der Waals surface area contributed by atoms with Crippen molar-refractivity contribution in [3.8, 4) is 11.4 Å². The number of amides is 2. The van der Waals surface area contributed by atoms with Crippen molar-refractivity contribution in [3.63, 3.8) is 0 Å². The minimum atomic E-state index is -0.466. The normalized spacial score (nSPS) is 16.4. The van der Waals surface area contributed by atoms with Crippen molar-refractivity contribution in [3.05, 3.63) is 76.3 Å². The van der Waals surface area contributed by atoms with Crippen LogP contribution in [0.1, 0.15) is 36.4 Å². The Morgan fingerprint density at radius 2 is 1.97 bits per heavy atom. The zero-order valence-electron chi connectivity index (χ0n) is 18.3. The summed E-state index contributed by atoms with van der Waals surface area (Å²) < 4.78 is 10.8. The fraction of sp³-hybridized carbons (Fsp3) is 0.292. The van der Waals surface area contributed by atoms with Gasteiger partial charge in [0.15, 0.2) is 0 Å². The molecule has 1 N–H and O–H groups in total. The molecule has 0 radical (unpaired) electrons. The van der Waals surface area contributed by atoms with Crippen LogP contribution in [0.3, 0.4) is 0 Å². The zero-order chi connectivity index (χ0) is 22.7. The number of hydrogen-bond acceptors (Lipinski definition) is 5. The highest BCUT2D eigenvalue weighted by atomic mass is 35.5. The van der Waals surface area contributed by atoms with Gasteiger partial charge in [0.1, 0.15) is 0 Å². The molecular formula is C24H25ClN4O3. The van der Waals surface area contributed by atoms with Gasteiger partial charge in [0.05, 0.1) is 11.6 Å². The maximum atomic E-state index is 12.9. The first-order chi connectivity index (χ1) is 15.5. The van der Waals surface area contributed by atoms with Crippen LogP contribution in [0, 0.1) is 6.92 Å². The summed E-state index contributed by atoms with van der Waals surface area (Å²) in [5.74, 6) is 0.854. The summed E-state index contributed by atoms with van der Waals surface area (Å²) in [6.07, 6.45) is 0.703. The number of ether oxygens (including phenoxy) is 1. The molecule has 2 aromatic carbocycles. The average molecular weight is 453 g/mol. The third-order valence-corrected chi connectivity index (χ3v) is 5.71. The molecular weight excluding hydrogens is 428 g/mol. The number of nitrogens with one attached hydrogen (secondary N) is 1. The van der Waals surface area contributed by atoms with Crippen molar-refractivity contribution in [2.24, 2.45) is 0 Å². The number of aryl methyl sites for hydroxylation is 1. The van der Waals surface area contributed by atoms with Crippen LogP contribution < -0.4 is 5.32 Å². The standard InChI is InChI=1S/C24H25ClN4O3/c1-15-8-10-17(11-9-15)22-27-23(32-28-22)20-16(2)29(12-5-13-31-3)24(30)26-21(20)18-6-4-7-19(25)14-18/h4,6-11,14,21H,5,12-13H2,1-3H3,(H,26,30). The van der Waals surface area contributed by atoms with Gasteiger partial charge in [0.25, 0.3) is 5.89 Å². The molecule has 2 amide bonds. The summed E-state index contributed by atoms with van der Waals surface area (Å²) in [5.41, 5.74) is 4.36. The third-order valence-electron chi connectivity index (χ3n) is 5.47. The molecule has 8 heteroatoms. The maximum absolute atomic E-state index is 12.9. The van der Waals surface area contributed by atoms with Crippen LogP contribution in [0.2, 0.25) is 5.02 Å². The van der Waals surface area contributed by atoms with Crippen LogP contribution in [0.25, 0.3) is 17.0 Å². The van der Waals surface area contributed by atoms with Crippen LogP contribution >= 0.6 is 11.6 Å². The summed E-state index contributed by atoms with van der Waals surface area (Å²) in [6, 6.07) is 14.7. The fourth-order valence-corrected chi connectivity index (χ4v) is 3.98. The Kier molecular flexibility index (Phi) is 6.58. The Labute approximate surface area is 192 Å². The topological polar surface area (TPSA) is 80.5 Å². The van der Waals surface area contributed by atoms with Gasteiger partial charge in [-0.2, -0.15) is 4.98 Å². The van der Waals surface area contributed by atoms with Gasteiger partial charge in [0, 0.05) is 36.5 Å². The first-order valence-electron chi connectivity index (χ1n) is 10.4. The fourth-order valence-electron chi connectivity index (χ4n) is 3.78. The molecule has 1 atom stereocenters. The lowest BCUT2D eigenvalue weighted by molar-refractivity contribution is 0.174. The number of benzene rings is 2. The SMILES string of the molecule is COCCCN1C(=O)NC(c2cccc(Cl)c2)C(c2nc(-c3ccc(C)cc3)no2)=C1C. The number of hydrogen-bond donors (Lipinski definition) is 1. The third kappa shape index (κ3) is 4.54. The Bertz CT molecular complexity index is 1140. The molecule has 2 heterocycles. The molecule has 3 aromatic rings. The summed E-state index contributed by atoms with van der Waals surface area (Å²) in [7, 11) is 1.64. The van der Waals surface area contributed by atoms with Gasteiger partial charge in [-0.15, -0.1) is 0 Å². The van der Waals surface area contributed by atoms with Gasteiger partial charge in [-0.25, -0.2) is 4.79 Å². The molecule has 4 rings (SSSR count). The van der Waals surface area contributed by atoms with E-state index in [1.54, 1.807) is 18.1 Å². The molecule has 0 spiro atoms. The Morgan fingerprint density at radius 3 is 2.69 bits per heavy atom. The van der Waals surface area contributed by atoms with E-state index >= 15 is 0 Å². The molecule has 166 valence electrons. The molecule has 1 aliphatic heterocycles. The van der Waals surface area contributed by atoms with E-state index in [1.807, 2.05) is 56.3 Å². The zero-order valence-corrected chi connectivity index (χ0v) is 19.0. The Morgan fingerprint density at radius 1 is 1.19 bits per heavy atom. The van der Waals surface area contributed by atoms with E-state index in [0.717, 1.165) is 28.0 Å². The molecule has 1 unspecified atom stereocenters. The summed E-state index contributed by atoms with van der Waals surface area (Å²) in [5, 5.41) is 7.85. The first-order valence-corrected chi connectivity index (χ1v) is 10.8. The van der Waals surface area contributed by atoms with Gasteiger partial charge >= 0.3 is 6.03 Å². The largest absolute Gasteiger partial charge is 0.385 e. The Balaban J connectivity index is 1.77. The van der Waals surface area contributed by atoms with Gasteiger partial charge in [0.2, 0.25) is 5.82 Å². The molecule has 0 saturated heterocycles. The summed E-state index contributed by atoms with van der Waals surface area (Å²) in [6.45, 7) is 4.99. The number of urea groups is 1. The molecule has 1 aliphatic rings. The number of carbonyl (C=O) groups excluding carboxylic acids is 1. The smallest absolute Gasteiger partial charge is 0.322 e. The highest BCUT2D eigenvalue weighted by Gasteiger charge is 2.35. The van der Waals surface area contributed by atoms with Gasteiger partial charge in [-0.05, 0) is 38.0 Å². The first kappa shape index (κ1) is 22.0. The van der Waals surface area contributed by atoms with Crippen molar-refractivity contribution in [2.75, 3.05) is 20.3 Å². The number of halogens is 1. The summed E-state index contributed by atoms with van der Waals surface area (Å²) in [4.78, 5) is 19.3. The second-order valence-corrected chi connectivity index (χ2v) is 8.16. The highest BCUT2D eigenvalue weighted by Crippen LogP contribution is 2.38. The van der Waals surface area contributed by atoms with E-state index < -0.39 is 6.04 Å². The molecule has 0 saturated carbocycles. The number of allylic oxidation sites excluding steroid dienone is 1. The lowest BCUT2D eigenvalue weighted by atomic mass is 9.94. The molecule has 0 bridgehead atoms. The lowest BCUT2D eigenvalue weighted by Crippen LogP contribution is -2.46. The van der Waals surface area contributed by atoms with Gasteiger partial charge < -0.3 is 14.6 Å². The minimum absolute atomic E-state index is 0.189. The van der Waals surface area contributed by atoms with Gasteiger partial charge in [-0.1, -0.05) is 58.7 Å². The van der Waals surface area contributed by atoms with Crippen LogP contribution in [-0.2, 0) is 4.74 Å². The number of methoxy groups -OCH3 is 1. The maximum Gasteiger partial charge on any atom is 0.322 e. The van der Waals surface area contributed by atoms with Crippen LogP contribution in [0.15, 0.2) is 58.8 Å². The van der Waals surface area contributed by atoms with Crippen molar-refractivity contribution in [1.82, 2.24) is 20.4 Å². The van der Waals surface area contributed by atoms with Crippen molar-refractivity contribution in [1.29, 1.82) is 0 Å². The number of carbonyl (C=O) groups is 1. The molecule has 32 heavy (non-hydrogen) atoms. The van der Waals surface area contributed by atoms with Crippen LogP contribution in [0.5, 0.6) is 0 Å². The van der Waals surface area contributed by atoms with E-state index in [9.17, 15) is 4.79 Å². The number of rotatable bonds is 7. The summed E-state index contributed by atoms with van der Waals surface area (Å²) >= 11 is 6.24. The molecule has 7 nitrogen and oxygen atoms in total. The van der Waals surface area contributed by atoms with E-state index in [1.165, 1.54) is 0 Å². The van der Waals surface area contributed by atoms with Crippen molar-refractivity contribution < 1.29 is 14.1 Å². The lowest BCUT2D eigenvalue weighted by Gasteiger charge is -2.35. The Hall–Kier alpha value is -3.16. The van der Waals surface area contributed by atoms with E-state index in [2.05, 4.69) is 15.5 Å². The second-order valence-electron chi connectivity index (χ2n) is 7.72. The van der Waals surface area contributed by atoms with Crippen LogP contribution in [-0.4, -0.2) is 41.3 Å². The van der Waals surface area contributed by atoms with E-state index in [4.69, 9.17) is 20.9 Å². The van der Waals surface area contributed by atoms with Crippen LogP contribution in [0.4, 0.5) is 4.79 Å². The number of aromatic nitrogens is 2. The van der Waals surface area contributed by atoms with Gasteiger partial charge in [-0.3, -0.25) is 4.90 Å². The molecule has 0 aliphatic carbocycles. The predicted octanol–water partition coefficient (Wildman–Crippen LogP) is 5.23. The molecule has 0 fully saturated rings. The highest BCUT2D eigenvalue weighted by molar-refractivity contribution is 6.30.